The summed E-state index contributed by atoms with van der Waals surface area (Å²) in [7, 11) is 7.67. The monoisotopic (exact) mass is 281 g/mol. The summed E-state index contributed by atoms with van der Waals surface area (Å²) in [5.41, 5.74) is 2.20. The van der Waals surface area contributed by atoms with E-state index in [2.05, 4.69) is 19.1 Å². The molecule has 0 aliphatic rings. The molecule has 0 aliphatic heterocycles. The molecule has 1 aromatic rings. The van der Waals surface area contributed by atoms with Crippen LogP contribution in [-0.2, 0) is 0 Å². The van der Waals surface area contributed by atoms with Crippen LogP contribution in [0.4, 0.5) is 5.69 Å². The first kappa shape index (κ1) is 14.9. The van der Waals surface area contributed by atoms with Gasteiger partial charge in [-0.05, 0) is 43.5 Å². The maximum atomic E-state index is 5.45. The highest BCUT2D eigenvalue weighted by Gasteiger charge is 2.19. The zero-order valence-corrected chi connectivity index (χ0v) is 13.1. The van der Waals surface area contributed by atoms with Crippen molar-refractivity contribution in [2.75, 3.05) is 33.1 Å². The second kappa shape index (κ2) is 6.11. The van der Waals surface area contributed by atoms with E-state index in [0.29, 0.717) is 10.2 Å². The number of nitrogens with zero attached hydrogens (tertiary/aromatic N) is 3. The third-order valence-electron chi connectivity index (χ3n) is 2.44. The van der Waals surface area contributed by atoms with Crippen molar-refractivity contribution in [1.29, 1.82) is 0 Å². The molecule has 0 heterocycles. The van der Waals surface area contributed by atoms with E-state index >= 15 is 0 Å². The molecule has 5 heteroatoms. The summed E-state index contributed by atoms with van der Waals surface area (Å²) in [6, 6.07) is 8.17. The molecule has 0 fully saturated rings. The van der Waals surface area contributed by atoms with Gasteiger partial charge in [0.25, 0.3) is 0 Å². The van der Waals surface area contributed by atoms with Crippen molar-refractivity contribution in [3.05, 3.63) is 29.8 Å². The van der Waals surface area contributed by atoms with Crippen LogP contribution in [-0.4, -0.2) is 48.2 Å². The van der Waals surface area contributed by atoms with Crippen molar-refractivity contribution in [3.63, 3.8) is 0 Å². The van der Waals surface area contributed by atoms with Crippen molar-refractivity contribution >= 4 is 40.3 Å². The Labute approximate surface area is 120 Å². The lowest BCUT2D eigenvalue weighted by Gasteiger charge is -2.32. The summed E-state index contributed by atoms with van der Waals surface area (Å²) in [5, 5.41) is 1.36. The van der Waals surface area contributed by atoms with E-state index in [1.165, 1.54) is 5.56 Å². The molecule has 0 amide bonds. The molecule has 0 saturated carbocycles. The minimum atomic E-state index is 0.678. The second-order valence-electron chi connectivity index (χ2n) is 4.52. The van der Waals surface area contributed by atoms with Gasteiger partial charge in [0.1, 0.15) is 0 Å². The van der Waals surface area contributed by atoms with Crippen LogP contribution in [0, 0.1) is 6.92 Å². The predicted octanol–water partition coefficient (Wildman–Crippen LogP) is 2.49. The Morgan fingerprint density at radius 1 is 0.833 bits per heavy atom. The third kappa shape index (κ3) is 3.40. The molecule has 98 valence electrons. The lowest BCUT2D eigenvalue weighted by atomic mass is 10.2. The smallest absolute Gasteiger partial charge is 0.182 e. The van der Waals surface area contributed by atoms with Gasteiger partial charge in [0.05, 0.1) is 5.69 Å². The van der Waals surface area contributed by atoms with Crippen molar-refractivity contribution < 1.29 is 0 Å². The van der Waals surface area contributed by atoms with Gasteiger partial charge in [0.2, 0.25) is 0 Å². The largest absolute Gasteiger partial charge is 0.355 e. The van der Waals surface area contributed by atoms with Crippen LogP contribution in [0.5, 0.6) is 0 Å². The Hall–Kier alpha value is -1.20. The summed E-state index contributed by atoms with van der Waals surface area (Å²) in [4.78, 5) is 5.65. The van der Waals surface area contributed by atoms with Crippen LogP contribution in [0.25, 0.3) is 0 Å². The number of anilines is 1. The zero-order valence-electron chi connectivity index (χ0n) is 11.5. The fourth-order valence-corrected chi connectivity index (χ4v) is 1.84. The van der Waals surface area contributed by atoms with E-state index in [9.17, 15) is 0 Å². The van der Waals surface area contributed by atoms with Crippen molar-refractivity contribution in [3.8, 4) is 0 Å². The molecule has 0 aliphatic carbocycles. The Morgan fingerprint density at radius 3 is 1.56 bits per heavy atom. The minimum Gasteiger partial charge on any atom is -0.355 e. The molecule has 0 spiro atoms. The van der Waals surface area contributed by atoms with Crippen molar-refractivity contribution in [1.82, 2.24) is 9.80 Å². The van der Waals surface area contributed by atoms with Crippen LogP contribution in [0.1, 0.15) is 5.56 Å². The average molecular weight is 281 g/mol. The Morgan fingerprint density at radius 2 is 1.22 bits per heavy atom. The van der Waals surface area contributed by atoms with Gasteiger partial charge in [-0.3, -0.25) is 4.90 Å². The Balaban J connectivity index is 3.16. The number of hydrogen-bond acceptors (Lipinski definition) is 2. The first-order valence-corrected chi connectivity index (χ1v) is 6.45. The highest BCUT2D eigenvalue weighted by atomic mass is 32.1. The zero-order chi connectivity index (χ0) is 13.9. The van der Waals surface area contributed by atoms with Gasteiger partial charge in [0.15, 0.2) is 10.2 Å². The Kier molecular flexibility index (Phi) is 5.04. The van der Waals surface area contributed by atoms with Gasteiger partial charge in [0, 0.05) is 28.2 Å². The minimum absolute atomic E-state index is 0.678. The molecule has 0 bridgehead atoms. The van der Waals surface area contributed by atoms with Gasteiger partial charge in [-0.25, -0.2) is 0 Å². The molecular formula is C13H19N3S2. The summed E-state index contributed by atoms with van der Waals surface area (Å²) in [5.74, 6) is 0. The van der Waals surface area contributed by atoms with Crippen molar-refractivity contribution in [2.24, 2.45) is 0 Å². The van der Waals surface area contributed by atoms with Crippen LogP contribution < -0.4 is 4.90 Å². The maximum Gasteiger partial charge on any atom is 0.182 e. The number of aryl methyl sites for hydroxylation is 1. The molecular weight excluding hydrogens is 262 g/mol. The highest BCUT2D eigenvalue weighted by Crippen LogP contribution is 2.18. The van der Waals surface area contributed by atoms with Crippen LogP contribution in [0.15, 0.2) is 24.3 Å². The van der Waals surface area contributed by atoms with Gasteiger partial charge in [-0.2, -0.15) is 0 Å². The van der Waals surface area contributed by atoms with Crippen molar-refractivity contribution in [2.45, 2.75) is 6.92 Å². The fourth-order valence-electron chi connectivity index (χ4n) is 1.40. The predicted molar refractivity (Wildman–Crippen MR) is 86.2 cm³/mol. The average Bonchev–Trinajstić information content (AvgIpc) is 2.31. The van der Waals surface area contributed by atoms with Gasteiger partial charge >= 0.3 is 0 Å². The van der Waals surface area contributed by atoms with Crippen LogP contribution in [0.2, 0.25) is 0 Å². The molecule has 1 rings (SSSR count). The fraction of sp³-hybridized carbons (Fsp3) is 0.385. The molecule has 0 unspecified atom stereocenters. The maximum absolute atomic E-state index is 5.45. The summed E-state index contributed by atoms with van der Waals surface area (Å²) < 4.78 is 0. The quantitative estimate of drug-likeness (QED) is 0.730. The lowest BCUT2D eigenvalue weighted by Crippen LogP contribution is -2.47. The van der Waals surface area contributed by atoms with Gasteiger partial charge in [-0.15, -0.1) is 0 Å². The highest BCUT2D eigenvalue weighted by molar-refractivity contribution is 7.82. The van der Waals surface area contributed by atoms with Crippen LogP contribution in [0.3, 0.4) is 0 Å². The number of benzene rings is 1. The molecule has 0 atom stereocenters. The Bertz CT molecular complexity index is 418. The standard InChI is InChI=1S/C13H19N3S2/c1-10-6-8-11(9-7-10)16(12(17)14(2)3)13(18)15(4)5/h6-9H,1-5H3. The molecule has 18 heavy (non-hydrogen) atoms. The van der Waals surface area contributed by atoms with Crippen LogP contribution >= 0.6 is 24.4 Å². The molecule has 0 aromatic heterocycles. The summed E-state index contributed by atoms with van der Waals surface area (Å²) in [6.45, 7) is 2.06. The van der Waals surface area contributed by atoms with E-state index in [4.69, 9.17) is 24.4 Å². The third-order valence-corrected chi connectivity index (χ3v) is 3.54. The molecule has 0 N–H and O–H groups in total. The molecule has 0 radical (unpaired) electrons. The van der Waals surface area contributed by atoms with E-state index in [0.717, 1.165) is 5.69 Å². The normalized spacial score (nSPS) is 9.83. The molecule has 1 aromatic carbocycles. The summed E-state index contributed by atoms with van der Waals surface area (Å²) in [6.07, 6.45) is 0. The molecule has 3 nitrogen and oxygen atoms in total. The first-order chi connectivity index (χ1) is 8.34. The SMILES string of the molecule is Cc1ccc(N(C(=S)N(C)C)C(=S)N(C)C)cc1. The van der Waals surface area contributed by atoms with Gasteiger partial charge in [-0.1, -0.05) is 17.7 Å². The van der Waals surface area contributed by atoms with E-state index in [1.54, 1.807) is 0 Å². The first-order valence-electron chi connectivity index (χ1n) is 5.64. The number of hydrogen-bond donors (Lipinski definition) is 0. The molecule has 0 saturated heterocycles. The number of rotatable bonds is 1. The van der Waals surface area contributed by atoms with Gasteiger partial charge < -0.3 is 9.80 Å². The van der Waals surface area contributed by atoms with E-state index in [-0.39, 0.29) is 0 Å². The lowest BCUT2D eigenvalue weighted by molar-refractivity contribution is 0.603. The van der Waals surface area contributed by atoms with E-state index in [1.807, 2.05) is 55.0 Å². The summed E-state index contributed by atoms with van der Waals surface area (Å²) >= 11 is 10.9. The topological polar surface area (TPSA) is 9.72 Å². The van der Waals surface area contributed by atoms with E-state index < -0.39 is 0 Å². The second-order valence-corrected chi connectivity index (χ2v) is 5.26. The number of thiocarbonyl (C=S) groups is 2.